The van der Waals surface area contributed by atoms with E-state index in [0.29, 0.717) is 35.1 Å². The van der Waals surface area contributed by atoms with Crippen molar-refractivity contribution in [2.45, 2.75) is 70.9 Å². The van der Waals surface area contributed by atoms with Crippen molar-refractivity contribution in [2.24, 2.45) is 17.3 Å². The molecule has 11 nitrogen and oxygen atoms in total. The lowest BCUT2D eigenvalue weighted by Crippen LogP contribution is -2.59. The average molecular weight is 572 g/mol. The van der Waals surface area contributed by atoms with Gasteiger partial charge in [0.25, 0.3) is 11.8 Å². The van der Waals surface area contributed by atoms with Crippen molar-refractivity contribution in [2.75, 3.05) is 13.7 Å². The average Bonchev–Trinajstić information content (AvgIpc) is 3.60. The number of piperidine rings is 1. The van der Waals surface area contributed by atoms with Gasteiger partial charge in [0, 0.05) is 19.2 Å². The molecule has 2 fully saturated rings. The third-order valence-corrected chi connectivity index (χ3v) is 8.37. The Kier molecular flexibility index (Phi) is 7.80. The zero-order chi connectivity index (χ0) is 29.4. The Bertz CT molecular complexity index is 1440. The maximum Gasteiger partial charge on any atom is 0.321 e. The molecule has 3 aromatic heterocycles. The van der Waals surface area contributed by atoms with Crippen LogP contribution in [0.4, 0.5) is 8.78 Å². The monoisotopic (exact) mass is 571 g/mol. The molecular weight excluding hydrogens is 536 g/mol. The number of methoxy groups -OCH3 is 1. The van der Waals surface area contributed by atoms with Crippen LogP contribution in [0.15, 0.2) is 30.7 Å². The summed E-state index contributed by atoms with van der Waals surface area (Å²) in [5.41, 5.74) is -0.227. The van der Waals surface area contributed by atoms with Gasteiger partial charge in [0.2, 0.25) is 5.91 Å². The molecule has 2 amide bonds. The second-order valence-corrected chi connectivity index (χ2v) is 11.3. The maximum absolute atomic E-state index is 14.4. The molecule has 5 rings (SSSR count). The van der Waals surface area contributed by atoms with Crippen LogP contribution < -0.4 is 10.6 Å². The highest BCUT2D eigenvalue weighted by atomic mass is 19.3. The first kappa shape index (κ1) is 28.6. The Balaban J connectivity index is 1.46. The molecular formula is C28H35F2N7O4. The van der Waals surface area contributed by atoms with Crippen molar-refractivity contribution in [1.82, 2.24) is 35.0 Å². The number of nitrogens with zero attached hydrogens (tertiary/aromatic N) is 5. The van der Waals surface area contributed by atoms with Gasteiger partial charge in [-0.25, -0.2) is 18.3 Å². The highest BCUT2D eigenvalue weighted by molar-refractivity contribution is 6.03. The lowest BCUT2D eigenvalue weighted by molar-refractivity contribution is -0.172. The molecule has 0 aromatic carbocycles. The number of hydrogen-bond acceptors (Lipinski definition) is 7. The van der Waals surface area contributed by atoms with E-state index in [-0.39, 0.29) is 24.3 Å². The Labute approximate surface area is 236 Å². The fourth-order valence-electron chi connectivity index (χ4n) is 6.11. The van der Waals surface area contributed by atoms with Gasteiger partial charge in [0.05, 0.1) is 37.8 Å². The van der Waals surface area contributed by atoms with Gasteiger partial charge in [0.1, 0.15) is 5.69 Å². The van der Waals surface area contributed by atoms with Crippen molar-refractivity contribution in [1.29, 1.82) is 0 Å². The van der Waals surface area contributed by atoms with Crippen LogP contribution in [0.2, 0.25) is 0 Å². The molecule has 1 saturated heterocycles. The molecule has 4 heterocycles. The molecule has 0 radical (unpaired) electrons. The van der Waals surface area contributed by atoms with Crippen molar-refractivity contribution >= 4 is 23.4 Å². The largest absolute Gasteiger partial charge is 0.468 e. The standard InChI is InChI=1S/C28H35F2N7O4/c1-4-36-21(9-10-32-36)24(38)35-23(19-7-5-17(2)6-8-19)20-14-37-22(34-20)11-18(13-33-37)12-27(26(40)41-3)15-28(29,30)16-31-25(27)39/h9-11,13-14,17,19,23H,4-8,12,15-16H2,1-3H3,(H,31,39)(H,35,38)/t17?,19?,23-,27?/m0/s1. The zero-order valence-electron chi connectivity index (χ0n) is 23.4. The van der Waals surface area contributed by atoms with E-state index >= 15 is 0 Å². The van der Waals surface area contributed by atoms with Crippen LogP contribution in [-0.2, 0) is 27.3 Å². The quantitative estimate of drug-likeness (QED) is 0.314. The fourth-order valence-corrected chi connectivity index (χ4v) is 6.11. The molecule has 3 aromatic rings. The maximum atomic E-state index is 14.4. The van der Waals surface area contributed by atoms with Gasteiger partial charge >= 0.3 is 5.97 Å². The molecule has 0 spiro atoms. The normalized spacial score (nSPS) is 25.0. The minimum absolute atomic E-state index is 0.160. The molecule has 1 aliphatic heterocycles. The van der Waals surface area contributed by atoms with Gasteiger partial charge in [-0.2, -0.15) is 10.2 Å². The van der Waals surface area contributed by atoms with Crippen LogP contribution in [0, 0.1) is 17.3 Å². The van der Waals surface area contributed by atoms with Crippen molar-refractivity contribution < 1.29 is 27.9 Å². The number of fused-ring (bicyclic) bond motifs is 1. The Hall–Kier alpha value is -3.90. The number of aryl methyl sites for hydroxylation is 1. The summed E-state index contributed by atoms with van der Waals surface area (Å²) in [5.74, 6) is -4.58. The second kappa shape index (κ2) is 11.2. The van der Waals surface area contributed by atoms with Crippen molar-refractivity contribution in [3.8, 4) is 0 Å². The van der Waals surface area contributed by atoms with E-state index in [4.69, 9.17) is 9.72 Å². The number of ether oxygens (including phenoxy) is 1. The van der Waals surface area contributed by atoms with Crippen LogP contribution in [0.3, 0.4) is 0 Å². The van der Waals surface area contributed by atoms with Gasteiger partial charge in [-0.1, -0.05) is 19.8 Å². The van der Waals surface area contributed by atoms with Crippen LogP contribution in [0.5, 0.6) is 0 Å². The third kappa shape index (κ3) is 5.66. The number of carbonyl (C=O) groups excluding carboxylic acids is 3. The van der Waals surface area contributed by atoms with Gasteiger partial charge in [-0.15, -0.1) is 0 Å². The summed E-state index contributed by atoms with van der Waals surface area (Å²) in [6.07, 6.45) is 7.42. The molecule has 1 aliphatic carbocycles. The third-order valence-electron chi connectivity index (χ3n) is 8.37. The summed E-state index contributed by atoms with van der Waals surface area (Å²) in [7, 11) is 1.07. The van der Waals surface area contributed by atoms with Crippen LogP contribution in [0.25, 0.3) is 5.65 Å². The Morgan fingerprint density at radius 1 is 1.24 bits per heavy atom. The summed E-state index contributed by atoms with van der Waals surface area (Å²) in [4.78, 5) is 43.5. The van der Waals surface area contributed by atoms with Crippen LogP contribution >= 0.6 is 0 Å². The van der Waals surface area contributed by atoms with E-state index in [2.05, 4.69) is 27.8 Å². The van der Waals surface area contributed by atoms with Crippen molar-refractivity contribution in [3.05, 3.63) is 47.7 Å². The van der Waals surface area contributed by atoms with Crippen LogP contribution in [-0.4, -0.2) is 61.7 Å². The summed E-state index contributed by atoms with van der Waals surface area (Å²) in [6.45, 7) is 3.86. The lowest BCUT2D eigenvalue weighted by atomic mass is 9.74. The fraction of sp³-hybridized carbons (Fsp3) is 0.571. The summed E-state index contributed by atoms with van der Waals surface area (Å²) < 4.78 is 36.7. The van der Waals surface area contributed by atoms with Gasteiger partial charge in [-0.05, 0) is 55.7 Å². The van der Waals surface area contributed by atoms with Gasteiger partial charge in [0.15, 0.2) is 11.1 Å². The zero-order valence-corrected chi connectivity index (χ0v) is 23.4. The number of rotatable bonds is 8. The van der Waals surface area contributed by atoms with E-state index < -0.39 is 36.2 Å². The van der Waals surface area contributed by atoms with E-state index in [9.17, 15) is 23.2 Å². The first-order valence-corrected chi connectivity index (χ1v) is 14.0. The van der Waals surface area contributed by atoms with E-state index in [1.54, 1.807) is 33.7 Å². The van der Waals surface area contributed by atoms with E-state index in [1.807, 2.05) is 6.92 Å². The highest BCUT2D eigenvalue weighted by Gasteiger charge is 2.57. The van der Waals surface area contributed by atoms with Crippen LogP contribution in [0.1, 0.15) is 73.7 Å². The number of imidazole rings is 1. The van der Waals surface area contributed by atoms with Crippen molar-refractivity contribution in [3.63, 3.8) is 0 Å². The topological polar surface area (TPSA) is 133 Å². The van der Waals surface area contributed by atoms with E-state index in [0.717, 1.165) is 32.8 Å². The smallest absolute Gasteiger partial charge is 0.321 e. The Morgan fingerprint density at radius 2 is 2.00 bits per heavy atom. The number of esters is 1. The van der Waals surface area contributed by atoms with Gasteiger partial charge < -0.3 is 15.4 Å². The highest BCUT2D eigenvalue weighted by Crippen LogP contribution is 2.40. The molecule has 13 heteroatoms. The summed E-state index contributed by atoms with van der Waals surface area (Å²) in [6, 6.07) is 2.91. The lowest BCUT2D eigenvalue weighted by Gasteiger charge is -2.37. The number of alkyl halides is 2. The second-order valence-electron chi connectivity index (χ2n) is 11.3. The van der Waals surface area contributed by atoms with Gasteiger partial charge in [-0.3, -0.25) is 19.1 Å². The Morgan fingerprint density at radius 3 is 2.71 bits per heavy atom. The molecule has 0 bridgehead atoms. The number of nitrogens with one attached hydrogen (secondary N) is 2. The number of halogens is 2. The molecule has 2 atom stereocenters. The molecule has 220 valence electrons. The number of hydrogen-bond donors (Lipinski definition) is 2. The first-order valence-electron chi connectivity index (χ1n) is 14.0. The first-order chi connectivity index (χ1) is 19.5. The SMILES string of the molecule is CCn1nccc1C(=O)N[C@H](c1cn2ncc(CC3(C(=O)OC)CC(F)(F)CNC3=O)cc2n1)C1CCC(C)CC1. The minimum atomic E-state index is -3.27. The molecule has 2 aliphatic rings. The van der Waals surface area contributed by atoms with E-state index in [1.165, 1.54) is 6.20 Å². The number of carbonyl (C=O) groups is 3. The molecule has 1 saturated carbocycles. The summed E-state index contributed by atoms with van der Waals surface area (Å²) in [5, 5.41) is 13.9. The molecule has 1 unspecified atom stereocenters. The molecule has 2 N–H and O–H groups in total. The summed E-state index contributed by atoms with van der Waals surface area (Å²) >= 11 is 0. The minimum Gasteiger partial charge on any atom is -0.468 e. The molecule has 41 heavy (non-hydrogen) atoms. The predicted octanol–water partition coefficient (Wildman–Crippen LogP) is 3.10. The number of aromatic nitrogens is 5. The number of amides is 2. The predicted molar refractivity (Wildman–Crippen MR) is 143 cm³/mol.